The van der Waals surface area contributed by atoms with Gasteiger partial charge in [-0.25, -0.2) is 17.2 Å². The third kappa shape index (κ3) is 3.01. The maximum atomic E-state index is 13.6. The predicted molar refractivity (Wildman–Crippen MR) is 76.8 cm³/mol. The third-order valence-corrected chi connectivity index (χ3v) is 4.35. The third-order valence-electron chi connectivity index (χ3n) is 2.95. The topological polar surface area (TPSA) is 101 Å². The Balaban J connectivity index is 1.87. The van der Waals surface area contributed by atoms with Gasteiger partial charge in [0.1, 0.15) is 4.90 Å². The van der Waals surface area contributed by atoms with E-state index in [4.69, 9.17) is 0 Å². The van der Waals surface area contributed by atoms with Crippen molar-refractivity contribution in [1.29, 1.82) is 0 Å². The van der Waals surface area contributed by atoms with E-state index < -0.39 is 26.6 Å². The van der Waals surface area contributed by atoms with Gasteiger partial charge in [0.2, 0.25) is 5.82 Å². The zero-order chi connectivity index (χ0) is 16.4. The predicted octanol–water partition coefficient (Wildman–Crippen LogP) is 1.95. The molecule has 2 N–H and O–H groups in total. The summed E-state index contributed by atoms with van der Waals surface area (Å²) in [5.74, 6) is -2.32. The molecule has 0 saturated carbocycles. The molecule has 0 aliphatic rings. The van der Waals surface area contributed by atoms with Crippen LogP contribution in [-0.2, 0) is 10.0 Å². The number of rotatable bonds is 4. The van der Waals surface area contributed by atoms with Crippen molar-refractivity contribution in [1.82, 2.24) is 20.6 Å². The summed E-state index contributed by atoms with van der Waals surface area (Å²) in [5.41, 5.74) is 0.791. The van der Waals surface area contributed by atoms with Crippen LogP contribution >= 0.6 is 0 Å². The molecule has 3 rings (SSSR count). The second kappa shape index (κ2) is 5.72. The van der Waals surface area contributed by atoms with Crippen LogP contribution in [0, 0.1) is 11.6 Å². The van der Waals surface area contributed by atoms with E-state index in [-0.39, 0.29) is 5.69 Å². The van der Waals surface area contributed by atoms with Crippen molar-refractivity contribution >= 4 is 15.7 Å². The fraction of sp³-hybridized carbons (Fsp3) is 0. The van der Waals surface area contributed by atoms with Gasteiger partial charge >= 0.3 is 0 Å². The second-order valence-electron chi connectivity index (χ2n) is 4.47. The van der Waals surface area contributed by atoms with E-state index in [0.29, 0.717) is 11.4 Å². The van der Waals surface area contributed by atoms with Crippen molar-refractivity contribution in [2.75, 3.05) is 4.72 Å². The van der Waals surface area contributed by atoms with Crippen LogP contribution in [-0.4, -0.2) is 29.0 Å². The average Bonchev–Trinajstić information content (AvgIpc) is 3.04. The Hall–Kier alpha value is -2.88. The summed E-state index contributed by atoms with van der Waals surface area (Å²) in [6, 6.07) is 8.95. The lowest BCUT2D eigenvalue weighted by molar-refractivity contribution is 0.485. The number of halogens is 2. The molecule has 3 aromatic rings. The number of tetrazole rings is 1. The highest BCUT2D eigenvalue weighted by Crippen LogP contribution is 2.22. The highest BCUT2D eigenvalue weighted by Gasteiger charge is 2.21. The molecule has 1 heterocycles. The first-order chi connectivity index (χ1) is 11.0. The minimum absolute atomic E-state index is 0.181. The maximum Gasteiger partial charge on any atom is 0.264 e. The van der Waals surface area contributed by atoms with Gasteiger partial charge in [0.05, 0.1) is 0 Å². The molecule has 0 saturated heterocycles. The lowest BCUT2D eigenvalue weighted by Gasteiger charge is -2.09. The Morgan fingerprint density at radius 3 is 2.43 bits per heavy atom. The van der Waals surface area contributed by atoms with Gasteiger partial charge in [-0.15, -0.1) is 10.2 Å². The number of benzene rings is 2. The van der Waals surface area contributed by atoms with Gasteiger partial charge in [-0.05, 0) is 41.6 Å². The lowest BCUT2D eigenvalue weighted by Crippen LogP contribution is -2.15. The van der Waals surface area contributed by atoms with Crippen LogP contribution in [0.5, 0.6) is 0 Å². The van der Waals surface area contributed by atoms with Crippen molar-refractivity contribution in [3.05, 3.63) is 54.1 Å². The summed E-state index contributed by atoms with van der Waals surface area (Å²) in [6.45, 7) is 0. The van der Waals surface area contributed by atoms with Crippen LogP contribution in [0.3, 0.4) is 0 Å². The van der Waals surface area contributed by atoms with E-state index >= 15 is 0 Å². The number of sulfonamides is 1. The number of H-pyrrole nitrogens is 1. The molecule has 0 fully saturated rings. The largest absolute Gasteiger partial charge is 0.280 e. The molecule has 23 heavy (non-hydrogen) atoms. The van der Waals surface area contributed by atoms with E-state index in [9.17, 15) is 17.2 Å². The molecule has 0 aliphatic heterocycles. The molecule has 0 aliphatic carbocycles. The monoisotopic (exact) mass is 337 g/mol. The molecule has 0 spiro atoms. The first kappa shape index (κ1) is 15.0. The summed E-state index contributed by atoms with van der Waals surface area (Å²) in [5, 5.41) is 13.3. The van der Waals surface area contributed by atoms with Crippen LogP contribution in [0.25, 0.3) is 11.4 Å². The standard InChI is InChI=1S/C13H9F2N5O2S/c14-10-2-1-3-11(12(10)15)23(21,22)18-9-6-4-8(5-7-9)13-16-19-20-17-13/h1-7,18H,(H,16,17,19,20). The van der Waals surface area contributed by atoms with Crippen LogP contribution in [0.15, 0.2) is 47.4 Å². The van der Waals surface area contributed by atoms with Gasteiger partial charge < -0.3 is 0 Å². The van der Waals surface area contributed by atoms with E-state index in [1.54, 1.807) is 12.1 Å². The molecule has 0 atom stereocenters. The van der Waals surface area contributed by atoms with Gasteiger partial charge in [-0.3, -0.25) is 4.72 Å². The Labute approximate surface area is 129 Å². The quantitative estimate of drug-likeness (QED) is 0.758. The van der Waals surface area contributed by atoms with Crippen LogP contribution in [0.2, 0.25) is 0 Å². The SMILES string of the molecule is O=S(=O)(Nc1ccc(-c2nn[nH]n2)cc1)c1cccc(F)c1F. The summed E-state index contributed by atoms with van der Waals surface area (Å²) in [4.78, 5) is -0.764. The molecular weight excluding hydrogens is 328 g/mol. The molecule has 2 aromatic carbocycles. The van der Waals surface area contributed by atoms with E-state index in [2.05, 4.69) is 25.3 Å². The van der Waals surface area contributed by atoms with Crippen LogP contribution in [0.4, 0.5) is 14.5 Å². The molecular formula is C13H9F2N5O2S. The minimum Gasteiger partial charge on any atom is -0.280 e. The number of nitrogens with one attached hydrogen (secondary N) is 2. The second-order valence-corrected chi connectivity index (χ2v) is 6.12. The summed E-state index contributed by atoms with van der Waals surface area (Å²) < 4.78 is 53.2. The fourth-order valence-corrected chi connectivity index (χ4v) is 3.02. The Morgan fingerprint density at radius 2 is 1.78 bits per heavy atom. The Bertz CT molecular complexity index is 928. The number of anilines is 1. The zero-order valence-corrected chi connectivity index (χ0v) is 12.2. The Morgan fingerprint density at radius 1 is 1.04 bits per heavy atom. The number of aromatic amines is 1. The van der Waals surface area contributed by atoms with Gasteiger partial charge in [-0.2, -0.15) is 5.21 Å². The van der Waals surface area contributed by atoms with Gasteiger partial charge in [0.25, 0.3) is 10.0 Å². The Kier molecular flexibility index (Phi) is 3.74. The maximum absolute atomic E-state index is 13.6. The van der Waals surface area contributed by atoms with Crippen LogP contribution in [0.1, 0.15) is 0 Å². The van der Waals surface area contributed by atoms with Gasteiger partial charge in [-0.1, -0.05) is 6.07 Å². The van der Waals surface area contributed by atoms with Gasteiger partial charge in [0.15, 0.2) is 11.6 Å². The minimum atomic E-state index is -4.25. The number of aromatic nitrogens is 4. The smallest absolute Gasteiger partial charge is 0.264 e. The van der Waals surface area contributed by atoms with Gasteiger partial charge in [0, 0.05) is 11.3 Å². The van der Waals surface area contributed by atoms with E-state index in [1.807, 2.05) is 0 Å². The number of nitrogens with zero attached hydrogens (tertiary/aromatic N) is 3. The summed E-state index contributed by atoms with van der Waals surface area (Å²) in [7, 11) is -4.25. The summed E-state index contributed by atoms with van der Waals surface area (Å²) in [6.07, 6.45) is 0. The van der Waals surface area contributed by atoms with E-state index in [1.165, 1.54) is 12.1 Å². The van der Waals surface area contributed by atoms with Crippen molar-refractivity contribution < 1.29 is 17.2 Å². The summed E-state index contributed by atoms with van der Waals surface area (Å²) >= 11 is 0. The fourth-order valence-electron chi connectivity index (χ4n) is 1.87. The molecule has 0 radical (unpaired) electrons. The molecule has 0 bridgehead atoms. The average molecular weight is 337 g/mol. The first-order valence-corrected chi connectivity index (χ1v) is 7.76. The van der Waals surface area contributed by atoms with Crippen molar-refractivity contribution in [3.63, 3.8) is 0 Å². The van der Waals surface area contributed by atoms with Crippen molar-refractivity contribution in [2.45, 2.75) is 4.90 Å². The zero-order valence-electron chi connectivity index (χ0n) is 11.4. The highest BCUT2D eigenvalue weighted by molar-refractivity contribution is 7.92. The number of hydrogen-bond donors (Lipinski definition) is 2. The van der Waals surface area contributed by atoms with Crippen molar-refractivity contribution in [2.24, 2.45) is 0 Å². The normalized spacial score (nSPS) is 11.4. The lowest BCUT2D eigenvalue weighted by atomic mass is 10.2. The molecule has 0 unspecified atom stereocenters. The molecule has 118 valence electrons. The van der Waals surface area contributed by atoms with E-state index in [0.717, 1.165) is 18.2 Å². The first-order valence-electron chi connectivity index (χ1n) is 6.28. The molecule has 7 nitrogen and oxygen atoms in total. The van der Waals surface area contributed by atoms with Crippen LogP contribution < -0.4 is 4.72 Å². The molecule has 10 heteroatoms. The highest BCUT2D eigenvalue weighted by atomic mass is 32.2. The molecule has 0 amide bonds. The molecule has 1 aromatic heterocycles. The number of hydrogen-bond acceptors (Lipinski definition) is 5. The van der Waals surface area contributed by atoms with Crippen molar-refractivity contribution in [3.8, 4) is 11.4 Å².